The molecule has 3 rings (SSSR count). The predicted molar refractivity (Wildman–Crippen MR) is 81.2 cm³/mol. The number of hydrogen-bond acceptors (Lipinski definition) is 2. The largest absolute Gasteiger partial charge is 0.372 e. The molecular formula is C15H18OSSi. The van der Waals surface area contributed by atoms with Gasteiger partial charge in [-0.2, -0.15) is 0 Å². The minimum Gasteiger partial charge on any atom is -0.372 e. The first-order valence-corrected chi connectivity index (χ1v) is 10.7. The molecule has 0 spiro atoms. The molecule has 0 saturated heterocycles. The molecule has 1 aromatic heterocycles. The maximum atomic E-state index is 5.68. The molecule has 0 N–H and O–H groups in total. The highest BCUT2D eigenvalue weighted by Crippen LogP contribution is 2.37. The SMILES string of the molecule is C[Si](C)(C)c1sc(-c2ccccc2)c2c1COC2. The highest BCUT2D eigenvalue weighted by atomic mass is 32.1. The monoisotopic (exact) mass is 274 g/mol. The van der Waals surface area contributed by atoms with Gasteiger partial charge in [0.1, 0.15) is 0 Å². The van der Waals surface area contributed by atoms with Gasteiger partial charge in [0.25, 0.3) is 0 Å². The van der Waals surface area contributed by atoms with Crippen LogP contribution in [0.2, 0.25) is 19.6 Å². The fraction of sp³-hybridized carbons (Fsp3) is 0.333. The van der Waals surface area contributed by atoms with E-state index in [1.165, 1.54) is 21.6 Å². The summed E-state index contributed by atoms with van der Waals surface area (Å²) in [7, 11) is -1.26. The quantitative estimate of drug-likeness (QED) is 0.752. The molecule has 0 radical (unpaired) electrons. The standard InChI is InChI=1S/C15H18OSSi/c1-18(2,3)15-13-10-16-9-12(13)14(17-15)11-7-5-4-6-8-11/h4-8H,9-10H2,1-3H3. The molecule has 0 bridgehead atoms. The Morgan fingerprint density at radius 1 is 1.00 bits per heavy atom. The van der Waals surface area contributed by atoms with Crippen molar-refractivity contribution in [2.45, 2.75) is 32.9 Å². The van der Waals surface area contributed by atoms with E-state index >= 15 is 0 Å². The summed E-state index contributed by atoms with van der Waals surface area (Å²) >= 11 is 2.00. The topological polar surface area (TPSA) is 9.23 Å². The number of hydrogen-bond donors (Lipinski definition) is 0. The Balaban J connectivity index is 2.18. The number of thiophene rings is 1. The van der Waals surface area contributed by atoms with Crippen molar-refractivity contribution in [1.82, 2.24) is 0 Å². The minimum atomic E-state index is -1.26. The third-order valence-corrected chi connectivity index (χ3v) is 8.27. The van der Waals surface area contributed by atoms with Crippen LogP contribution in [0.1, 0.15) is 11.1 Å². The van der Waals surface area contributed by atoms with Gasteiger partial charge in [0.05, 0.1) is 21.3 Å². The van der Waals surface area contributed by atoms with Crippen molar-refractivity contribution in [2.75, 3.05) is 0 Å². The lowest BCUT2D eigenvalue weighted by atomic mass is 10.1. The van der Waals surface area contributed by atoms with Crippen LogP contribution in [0.15, 0.2) is 30.3 Å². The van der Waals surface area contributed by atoms with Gasteiger partial charge in [-0.15, -0.1) is 11.3 Å². The molecule has 0 atom stereocenters. The first-order valence-electron chi connectivity index (χ1n) is 6.35. The van der Waals surface area contributed by atoms with Gasteiger partial charge in [0.15, 0.2) is 0 Å². The predicted octanol–water partition coefficient (Wildman–Crippen LogP) is 3.99. The maximum Gasteiger partial charge on any atom is 0.0909 e. The van der Waals surface area contributed by atoms with Crippen molar-refractivity contribution in [3.05, 3.63) is 41.5 Å². The molecule has 1 nitrogen and oxygen atoms in total. The fourth-order valence-corrected chi connectivity index (χ4v) is 6.22. The van der Waals surface area contributed by atoms with Crippen molar-refractivity contribution in [3.63, 3.8) is 0 Å². The Hall–Kier alpha value is -0.903. The molecule has 0 fully saturated rings. The lowest BCUT2D eigenvalue weighted by Crippen LogP contribution is -2.37. The molecule has 1 aliphatic heterocycles. The van der Waals surface area contributed by atoms with Gasteiger partial charge in [-0.1, -0.05) is 50.0 Å². The lowest BCUT2D eigenvalue weighted by Gasteiger charge is -2.15. The second kappa shape index (κ2) is 4.33. The van der Waals surface area contributed by atoms with E-state index in [1.807, 2.05) is 11.3 Å². The van der Waals surface area contributed by atoms with E-state index < -0.39 is 8.07 Å². The second-order valence-electron chi connectivity index (χ2n) is 5.83. The average Bonchev–Trinajstić information content (AvgIpc) is 2.89. The van der Waals surface area contributed by atoms with Crippen LogP contribution in [0.4, 0.5) is 0 Å². The van der Waals surface area contributed by atoms with Gasteiger partial charge in [-0.25, -0.2) is 0 Å². The van der Waals surface area contributed by atoms with E-state index in [-0.39, 0.29) is 0 Å². The number of benzene rings is 1. The van der Waals surface area contributed by atoms with Crippen LogP contribution < -0.4 is 4.50 Å². The summed E-state index contributed by atoms with van der Waals surface area (Å²) in [5, 5.41) is 0. The zero-order valence-corrected chi connectivity index (χ0v) is 12.9. The van der Waals surface area contributed by atoms with E-state index in [0.29, 0.717) is 0 Å². The van der Waals surface area contributed by atoms with Gasteiger partial charge in [0, 0.05) is 10.4 Å². The normalized spacial score (nSPS) is 14.8. The highest BCUT2D eigenvalue weighted by Gasteiger charge is 2.30. The smallest absolute Gasteiger partial charge is 0.0909 e. The molecule has 2 heterocycles. The van der Waals surface area contributed by atoms with Crippen molar-refractivity contribution in [3.8, 4) is 10.4 Å². The molecular weight excluding hydrogens is 256 g/mol. The summed E-state index contributed by atoms with van der Waals surface area (Å²) in [4.78, 5) is 1.43. The molecule has 0 unspecified atom stereocenters. The Kier molecular flexibility index (Phi) is 2.92. The molecule has 18 heavy (non-hydrogen) atoms. The van der Waals surface area contributed by atoms with E-state index in [0.717, 1.165) is 13.2 Å². The molecule has 1 aliphatic rings. The molecule has 3 heteroatoms. The average molecular weight is 274 g/mol. The van der Waals surface area contributed by atoms with Gasteiger partial charge in [-0.05, 0) is 15.6 Å². The Morgan fingerprint density at radius 3 is 2.33 bits per heavy atom. The molecule has 0 amide bonds. The summed E-state index contributed by atoms with van der Waals surface area (Å²) in [6.07, 6.45) is 0. The Morgan fingerprint density at radius 2 is 1.67 bits per heavy atom. The van der Waals surface area contributed by atoms with Crippen LogP contribution in [-0.4, -0.2) is 8.07 Å². The van der Waals surface area contributed by atoms with Crippen LogP contribution in [0, 0.1) is 0 Å². The summed E-state index contributed by atoms with van der Waals surface area (Å²) in [5.41, 5.74) is 4.29. The van der Waals surface area contributed by atoms with Gasteiger partial charge in [0.2, 0.25) is 0 Å². The Labute approximate surface area is 113 Å². The summed E-state index contributed by atoms with van der Waals surface area (Å²) < 4.78 is 7.30. The number of rotatable bonds is 2. The summed E-state index contributed by atoms with van der Waals surface area (Å²) in [5.74, 6) is 0. The van der Waals surface area contributed by atoms with Gasteiger partial charge >= 0.3 is 0 Å². The number of ether oxygens (including phenoxy) is 1. The van der Waals surface area contributed by atoms with E-state index in [2.05, 4.69) is 50.0 Å². The van der Waals surface area contributed by atoms with Gasteiger partial charge < -0.3 is 4.74 Å². The highest BCUT2D eigenvalue weighted by molar-refractivity contribution is 7.29. The maximum absolute atomic E-state index is 5.68. The van der Waals surface area contributed by atoms with Crippen LogP contribution in [0.5, 0.6) is 0 Å². The lowest BCUT2D eigenvalue weighted by molar-refractivity contribution is 0.135. The van der Waals surface area contributed by atoms with Crippen LogP contribution in [-0.2, 0) is 18.0 Å². The zero-order chi connectivity index (χ0) is 12.8. The summed E-state index contributed by atoms with van der Waals surface area (Å²) in [6, 6.07) is 10.7. The van der Waals surface area contributed by atoms with Gasteiger partial charge in [-0.3, -0.25) is 0 Å². The molecule has 2 aromatic rings. The van der Waals surface area contributed by atoms with Crippen molar-refractivity contribution in [2.24, 2.45) is 0 Å². The third kappa shape index (κ3) is 1.96. The summed E-state index contributed by atoms with van der Waals surface area (Å²) in [6.45, 7) is 8.88. The fourth-order valence-electron chi connectivity index (χ4n) is 2.49. The van der Waals surface area contributed by atoms with Crippen molar-refractivity contribution < 1.29 is 4.74 Å². The molecule has 94 valence electrons. The minimum absolute atomic E-state index is 0.792. The van der Waals surface area contributed by atoms with Crippen LogP contribution >= 0.6 is 11.3 Å². The Bertz CT molecular complexity index is 566. The van der Waals surface area contributed by atoms with Crippen molar-refractivity contribution >= 4 is 23.9 Å². The molecule has 0 aliphatic carbocycles. The molecule has 0 saturated carbocycles. The number of fused-ring (bicyclic) bond motifs is 1. The second-order valence-corrected chi connectivity index (χ2v) is 12.2. The molecule has 1 aromatic carbocycles. The third-order valence-electron chi connectivity index (χ3n) is 3.33. The first kappa shape index (κ1) is 12.1. The van der Waals surface area contributed by atoms with Crippen LogP contribution in [0.25, 0.3) is 10.4 Å². The van der Waals surface area contributed by atoms with E-state index in [4.69, 9.17) is 4.74 Å². The van der Waals surface area contributed by atoms with Crippen molar-refractivity contribution in [1.29, 1.82) is 0 Å². The zero-order valence-electron chi connectivity index (χ0n) is 11.1. The first-order chi connectivity index (χ1) is 8.57. The van der Waals surface area contributed by atoms with E-state index in [1.54, 1.807) is 4.50 Å². The van der Waals surface area contributed by atoms with Crippen LogP contribution in [0.3, 0.4) is 0 Å². The van der Waals surface area contributed by atoms with E-state index in [9.17, 15) is 0 Å².